The third kappa shape index (κ3) is 9.61. The van der Waals surface area contributed by atoms with E-state index in [9.17, 15) is 9.18 Å². The molecule has 1 aliphatic heterocycles. The fourth-order valence-corrected chi connectivity index (χ4v) is 4.32. The molecule has 0 saturated carbocycles. The first-order valence-corrected chi connectivity index (χ1v) is 12.9. The van der Waals surface area contributed by atoms with Crippen LogP contribution in [-0.4, -0.2) is 61.6 Å². The van der Waals surface area contributed by atoms with E-state index >= 15 is 0 Å². The summed E-state index contributed by atoms with van der Waals surface area (Å²) in [7, 11) is 0. The van der Waals surface area contributed by atoms with Crippen molar-refractivity contribution < 1.29 is 18.7 Å². The van der Waals surface area contributed by atoms with Crippen molar-refractivity contribution in [3.05, 3.63) is 101 Å². The van der Waals surface area contributed by atoms with E-state index in [1.54, 1.807) is 12.1 Å². The van der Waals surface area contributed by atoms with Gasteiger partial charge >= 0.3 is 0 Å². The first-order valence-electron chi connectivity index (χ1n) is 12.9. The number of piperazine rings is 1. The SMILES string of the molecule is O=C(COCc1ccc(F)cc1)NCCCOc1cccc(CN2CCN(Cc3ccccc3)CC2)c1. The van der Waals surface area contributed by atoms with Gasteiger partial charge in [-0.2, -0.15) is 0 Å². The highest BCUT2D eigenvalue weighted by Gasteiger charge is 2.17. The molecule has 6 nitrogen and oxygen atoms in total. The number of amides is 1. The topological polar surface area (TPSA) is 54.0 Å². The first-order chi connectivity index (χ1) is 18.1. The van der Waals surface area contributed by atoms with Gasteiger partial charge in [0.05, 0.1) is 13.2 Å². The van der Waals surface area contributed by atoms with E-state index in [1.165, 1.54) is 23.3 Å². The van der Waals surface area contributed by atoms with Crippen LogP contribution in [0.25, 0.3) is 0 Å². The van der Waals surface area contributed by atoms with Crippen molar-refractivity contribution in [1.82, 2.24) is 15.1 Å². The molecule has 0 spiro atoms. The van der Waals surface area contributed by atoms with Crippen molar-refractivity contribution in [2.75, 3.05) is 45.9 Å². The van der Waals surface area contributed by atoms with E-state index in [0.717, 1.165) is 50.6 Å². The number of halogens is 1. The van der Waals surface area contributed by atoms with E-state index < -0.39 is 0 Å². The third-order valence-corrected chi connectivity index (χ3v) is 6.35. The number of nitrogens with zero attached hydrogens (tertiary/aromatic N) is 2. The second-order valence-corrected chi connectivity index (χ2v) is 9.36. The molecule has 0 unspecified atom stereocenters. The number of hydrogen-bond acceptors (Lipinski definition) is 5. The molecule has 1 saturated heterocycles. The van der Waals surface area contributed by atoms with Crippen LogP contribution in [0.3, 0.4) is 0 Å². The average molecular weight is 506 g/mol. The van der Waals surface area contributed by atoms with Gasteiger partial charge in [-0.15, -0.1) is 0 Å². The molecule has 7 heteroatoms. The predicted molar refractivity (Wildman–Crippen MR) is 143 cm³/mol. The Bertz CT molecular complexity index is 1090. The molecule has 3 aromatic rings. The largest absolute Gasteiger partial charge is 0.494 e. The molecule has 196 valence electrons. The van der Waals surface area contributed by atoms with Crippen molar-refractivity contribution in [1.29, 1.82) is 0 Å². The second kappa shape index (κ2) is 14.5. The maximum Gasteiger partial charge on any atom is 0.246 e. The Labute approximate surface area is 219 Å². The average Bonchev–Trinajstić information content (AvgIpc) is 2.92. The van der Waals surface area contributed by atoms with Crippen LogP contribution < -0.4 is 10.1 Å². The number of nitrogens with one attached hydrogen (secondary N) is 1. The molecule has 1 N–H and O–H groups in total. The number of rotatable bonds is 13. The van der Waals surface area contributed by atoms with E-state index in [2.05, 4.69) is 57.6 Å². The number of benzene rings is 3. The molecule has 0 atom stereocenters. The van der Waals surface area contributed by atoms with E-state index in [-0.39, 0.29) is 24.9 Å². The quantitative estimate of drug-likeness (QED) is 0.352. The maximum absolute atomic E-state index is 12.9. The molecule has 37 heavy (non-hydrogen) atoms. The van der Waals surface area contributed by atoms with Gasteiger partial charge in [0, 0.05) is 45.8 Å². The fraction of sp³-hybridized carbons (Fsp3) is 0.367. The smallest absolute Gasteiger partial charge is 0.246 e. The second-order valence-electron chi connectivity index (χ2n) is 9.36. The lowest BCUT2D eigenvalue weighted by Crippen LogP contribution is -2.45. The lowest BCUT2D eigenvalue weighted by molar-refractivity contribution is -0.126. The van der Waals surface area contributed by atoms with Gasteiger partial charge in [0.25, 0.3) is 0 Å². The lowest BCUT2D eigenvalue weighted by Gasteiger charge is -2.34. The summed E-state index contributed by atoms with van der Waals surface area (Å²) in [5.74, 6) is 0.394. The first kappa shape index (κ1) is 26.8. The minimum absolute atomic E-state index is 0.0270. The summed E-state index contributed by atoms with van der Waals surface area (Å²) < 4.78 is 24.2. The lowest BCUT2D eigenvalue weighted by atomic mass is 10.1. The Morgan fingerprint density at radius 2 is 1.49 bits per heavy atom. The van der Waals surface area contributed by atoms with Crippen molar-refractivity contribution >= 4 is 5.91 Å². The van der Waals surface area contributed by atoms with E-state index in [1.807, 2.05) is 12.1 Å². The summed E-state index contributed by atoms with van der Waals surface area (Å²) in [5, 5.41) is 2.83. The zero-order valence-electron chi connectivity index (χ0n) is 21.3. The number of carbonyl (C=O) groups is 1. The summed E-state index contributed by atoms with van der Waals surface area (Å²) in [5.41, 5.74) is 3.45. The molecule has 1 heterocycles. The number of carbonyl (C=O) groups excluding carboxylic acids is 1. The minimum atomic E-state index is -0.288. The molecular weight excluding hydrogens is 469 g/mol. The summed E-state index contributed by atoms with van der Waals surface area (Å²) in [6.45, 7) is 7.51. The summed E-state index contributed by atoms with van der Waals surface area (Å²) in [6.07, 6.45) is 0.706. The van der Waals surface area contributed by atoms with Gasteiger partial charge in [-0.05, 0) is 47.4 Å². The van der Waals surface area contributed by atoms with Gasteiger partial charge in [-0.3, -0.25) is 14.6 Å². The third-order valence-electron chi connectivity index (χ3n) is 6.35. The van der Waals surface area contributed by atoms with Crippen LogP contribution >= 0.6 is 0 Å². The molecule has 1 fully saturated rings. The highest BCUT2D eigenvalue weighted by molar-refractivity contribution is 5.77. The predicted octanol–water partition coefficient (Wildman–Crippen LogP) is 4.25. The highest BCUT2D eigenvalue weighted by atomic mass is 19.1. The minimum Gasteiger partial charge on any atom is -0.494 e. The molecule has 0 aliphatic carbocycles. The summed E-state index contributed by atoms with van der Waals surface area (Å²) in [4.78, 5) is 16.9. The van der Waals surface area contributed by atoms with Crippen LogP contribution in [0.2, 0.25) is 0 Å². The highest BCUT2D eigenvalue weighted by Crippen LogP contribution is 2.17. The van der Waals surface area contributed by atoms with Crippen molar-refractivity contribution in [3.8, 4) is 5.75 Å². The standard InChI is InChI=1S/C30H36FN3O3/c31-28-12-10-26(11-13-28)23-36-24-30(35)32-14-5-19-37-29-9-4-8-27(20-29)22-34-17-15-33(16-18-34)21-25-6-2-1-3-7-25/h1-4,6-13,20H,5,14-19,21-24H2,(H,32,35). The van der Waals surface area contributed by atoms with Crippen LogP contribution in [-0.2, 0) is 29.2 Å². The molecule has 1 aliphatic rings. The Kier molecular flexibility index (Phi) is 10.5. The molecule has 0 bridgehead atoms. The fourth-order valence-electron chi connectivity index (χ4n) is 4.32. The van der Waals surface area contributed by atoms with Crippen LogP contribution in [0.1, 0.15) is 23.1 Å². The van der Waals surface area contributed by atoms with E-state index in [4.69, 9.17) is 9.47 Å². The van der Waals surface area contributed by atoms with Crippen LogP contribution in [0, 0.1) is 5.82 Å². The Balaban J connectivity index is 1.07. The molecule has 1 amide bonds. The molecule has 0 radical (unpaired) electrons. The molecule has 0 aromatic heterocycles. The van der Waals surface area contributed by atoms with Gasteiger partial charge in [-0.25, -0.2) is 4.39 Å². The maximum atomic E-state index is 12.9. The van der Waals surface area contributed by atoms with Crippen molar-refractivity contribution in [3.63, 3.8) is 0 Å². The number of hydrogen-bond donors (Lipinski definition) is 1. The van der Waals surface area contributed by atoms with Gasteiger partial charge in [0.2, 0.25) is 5.91 Å². The van der Waals surface area contributed by atoms with Gasteiger partial charge in [0.1, 0.15) is 18.2 Å². The Morgan fingerprint density at radius 1 is 0.811 bits per heavy atom. The van der Waals surface area contributed by atoms with Crippen LogP contribution in [0.4, 0.5) is 4.39 Å². The van der Waals surface area contributed by atoms with Crippen molar-refractivity contribution in [2.24, 2.45) is 0 Å². The number of ether oxygens (including phenoxy) is 2. The Hall–Kier alpha value is -3.26. The summed E-state index contributed by atoms with van der Waals surface area (Å²) >= 11 is 0. The van der Waals surface area contributed by atoms with E-state index in [0.29, 0.717) is 19.6 Å². The zero-order valence-corrected chi connectivity index (χ0v) is 21.3. The molecule has 4 rings (SSSR count). The normalized spacial score (nSPS) is 14.4. The van der Waals surface area contributed by atoms with Gasteiger partial charge in [-0.1, -0.05) is 54.6 Å². The summed E-state index contributed by atoms with van der Waals surface area (Å²) in [6, 6.07) is 25.0. The van der Waals surface area contributed by atoms with Gasteiger partial charge in [0.15, 0.2) is 0 Å². The van der Waals surface area contributed by atoms with Crippen LogP contribution in [0.5, 0.6) is 5.75 Å². The van der Waals surface area contributed by atoms with Crippen molar-refractivity contribution in [2.45, 2.75) is 26.1 Å². The Morgan fingerprint density at radius 3 is 2.22 bits per heavy atom. The molecular formula is C30H36FN3O3. The molecule has 3 aromatic carbocycles. The zero-order chi connectivity index (χ0) is 25.7. The van der Waals surface area contributed by atoms with Gasteiger partial charge < -0.3 is 14.8 Å². The van der Waals surface area contributed by atoms with Crippen LogP contribution in [0.15, 0.2) is 78.9 Å². The monoisotopic (exact) mass is 505 g/mol.